The van der Waals surface area contributed by atoms with Gasteiger partial charge in [-0.15, -0.1) is 0 Å². The molecule has 0 saturated carbocycles. The molecule has 0 fully saturated rings. The molecule has 0 N–H and O–H groups in total. The zero-order valence-electron chi connectivity index (χ0n) is 10.3. The molecule has 2 heteroatoms. The fourth-order valence-electron chi connectivity index (χ4n) is 1.98. The van der Waals surface area contributed by atoms with Gasteiger partial charge in [0.05, 0.1) is 0 Å². The van der Waals surface area contributed by atoms with Gasteiger partial charge in [-0.05, 0) is 50.1 Å². The maximum absolute atomic E-state index is 13.1. The predicted octanol–water partition coefficient (Wildman–Crippen LogP) is 4.90. The lowest BCUT2D eigenvalue weighted by Crippen LogP contribution is -1.88. The standard InChI is InChI=1S/C15H15FS/c1-10-7-11(2)15(12(3)8-10)17-14-6-4-5-13(16)9-14/h4-9H,1-3H3. The van der Waals surface area contributed by atoms with Crippen LogP contribution in [-0.2, 0) is 0 Å². The van der Waals surface area contributed by atoms with E-state index in [-0.39, 0.29) is 5.82 Å². The van der Waals surface area contributed by atoms with Gasteiger partial charge >= 0.3 is 0 Å². The van der Waals surface area contributed by atoms with Gasteiger partial charge in [-0.1, -0.05) is 35.5 Å². The van der Waals surface area contributed by atoms with Crippen molar-refractivity contribution in [1.82, 2.24) is 0 Å². The number of aryl methyl sites for hydroxylation is 3. The summed E-state index contributed by atoms with van der Waals surface area (Å²) in [6, 6.07) is 11.1. The average Bonchev–Trinajstić information content (AvgIpc) is 2.23. The van der Waals surface area contributed by atoms with Crippen LogP contribution in [0.2, 0.25) is 0 Å². The summed E-state index contributed by atoms with van der Waals surface area (Å²) in [7, 11) is 0. The van der Waals surface area contributed by atoms with Crippen molar-refractivity contribution in [2.45, 2.75) is 30.6 Å². The van der Waals surface area contributed by atoms with Gasteiger partial charge in [0.15, 0.2) is 0 Å². The minimum absolute atomic E-state index is 0.183. The summed E-state index contributed by atoms with van der Waals surface area (Å²) in [6.45, 7) is 6.29. The summed E-state index contributed by atoms with van der Waals surface area (Å²) in [5.74, 6) is -0.183. The lowest BCUT2D eigenvalue weighted by atomic mass is 10.1. The van der Waals surface area contributed by atoms with Crippen molar-refractivity contribution < 1.29 is 4.39 Å². The Morgan fingerprint density at radius 1 is 0.941 bits per heavy atom. The van der Waals surface area contributed by atoms with Crippen molar-refractivity contribution in [3.05, 3.63) is 58.9 Å². The summed E-state index contributed by atoms with van der Waals surface area (Å²) in [6.07, 6.45) is 0. The van der Waals surface area contributed by atoms with Crippen LogP contribution in [0.15, 0.2) is 46.2 Å². The van der Waals surface area contributed by atoms with Crippen molar-refractivity contribution >= 4 is 11.8 Å². The lowest BCUT2D eigenvalue weighted by Gasteiger charge is -2.10. The highest BCUT2D eigenvalue weighted by Crippen LogP contribution is 2.33. The van der Waals surface area contributed by atoms with E-state index < -0.39 is 0 Å². The highest BCUT2D eigenvalue weighted by atomic mass is 32.2. The molecule has 17 heavy (non-hydrogen) atoms. The summed E-state index contributed by atoms with van der Waals surface area (Å²) in [5.41, 5.74) is 3.76. The van der Waals surface area contributed by atoms with Crippen LogP contribution < -0.4 is 0 Å². The van der Waals surface area contributed by atoms with Gasteiger partial charge in [0.2, 0.25) is 0 Å². The van der Waals surface area contributed by atoms with Crippen LogP contribution in [0.3, 0.4) is 0 Å². The second-order valence-corrected chi connectivity index (χ2v) is 5.37. The molecule has 0 unspecified atom stereocenters. The smallest absolute Gasteiger partial charge is 0.124 e. The molecule has 0 spiro atoms. The normalized spacial score (nSPS) is 10.6. The van der Waals surface area contributed by atoms with E-state index in [9.17, 15) is 4.39 Å². The quantitative estimate of drug-likeness (QED) is 0.726. The molecule has 0 aliphatic heterocycles. The Bertz CT molecular complexity index is 523. The Labute approximate surface area is 106 Å². The van der Waals surface area contributed by atoms with E-state index >= 15 is 0 Å². The van der Waals surface area contributed by atoms with E-state index in [4.69, 9.17) is 0 Å². The zero-order chi connectivity index (χ0) is 12.4. The average molecular weight is 246 g/mol. The molecule has 2 aromatic rings. The second kappa shape index (κ2) is 4.92. The number of hydrogen-bond donors (Lipinski definition) is 0. The highest BCUT2D eigenvalue weighted by Gasteiger charge is 2.06. The first-order valence-corrected chi connectivity index (χ1v) is 6.39. The summed E-state index contributed by atoms with van der Waals surface area (Å²) in [5, 5.41) is 0. The molecule has 0 aliphatic carbocycles. The van der Waals surface area contributed by atoms with E-state index in [0.29, 0.717) is 0 Å². The van der Waals surface area contributed by atoms with Crippen molar-refractivity contribution in [1.29, 1.82) is 0 Å². The molecular weight excluding hydrogens is 231 g/mol. The van der Waals surface area contributed by atoms with Crippen LogP contribution in [0.5, 0.6) is 0 Å². The van der Waals surface area contributed by atoms with Crippen LogP contribution in [0.25, 0.3) is 0 Å². The van der Waals surface area contributed by atoms with Crippen molar-refractivity contribution in [3.63, 3.8) is 0 Å². The first-order valence-electron chi connectivity index (χ1n) is 5.57. The Balaban J connectivity index is 2.36. The third-order valence-electron chi connectivity index (χ3n) is 2.62. The molecule has 0 saturated heterocycles. The number of benzene rings is 2. The first kappa shape index (κ1) is 12.2. The van der Waals surface area contributed by atoms with Crippen LogP contribution in [0, 0.1) is 26.6 Å². The zero-order valence-corrected chi connectivity index (χ0v) is 11.1. The molecule has 0 atom stereocenters. The minimum Gasteiger partial charge on any atom is -0.207 e. The molecule has 0 heterocycles. The number of rotatable bonds is 2. The number of halogens is 1. The lowest BCUT2D eigenvalue weighted by molar-refractivity contribution is 0.624. The van der Waals surface area contributed by atoms with Gasteiger partial charge in [0.25, 0.3) is 0 Å². The fourth-order valence-corrected chi connectivity index (χ4v) is 2.97. The van der Waals surface area contributed by atoms with Crippen molar-refractivity contribution in [2.75, 3.05) is 0 Å². The molecule has 0 aliphatic rings. The van der Waals surface area contributed by atoms with Crippen LogP contribution >= 0.6 is 11.8 Å². The van der Waals surface area contributed by atoms with Crippen molar-refractivity contribution in [2.24, 2.45) is 0 Å². The number of hydrogen-bond acceptors (Lipinski definition) is 1. The molecule has 2 rings (SSSR count). The summed E-state index contributed by atoms with van der Waals surface area (Å²) in [4.78, 5) is 2.17. The summed E-state index contributed by atoms with van der Waals surface area (Å²) >= 11 is 1.62. The van der Waals surface area contributed by atoms with Gasteiger partial charge in [0, 0.05) is 9.79 Å². The Morgan fingerprint density at radius 2 is 1.59 bits per heavy atom. The fraction of sp³-hybridized carbons (Fsp3) is 0.200. The van der Waals surface area contributed by atoms with E-state index in [2.05, 4.69) is 32.9 Å². The van der Waals surface area contributed by atoms with Gasteiger partial charge in [0.1, 0.15) is 5.82 Å². The molecule has 0 bridgehead atoms. The molecule has 0 nitrogen and oxygen atoms in total. The Hall–Kier alpha value is -1.28. The molecule has 88 valence electrons. The van der Waals surface area contributed by atoms with Gasteiger partial charge in [-0.2, -0.15) is 0 Å². The SMILES string of the molecule is Cc1cc(C)c(Sc2cccc(F)c2)c(C)c1. The monoisotopic (exact) mass is 246 g/mol. The molecule has 0 radical (unpaired) electrons. The highest BCUT2D eigenvalue weighted by molar-refractivity contribution is 7.99. The van der Waals surface area contributed by atoms with Crippen molar-refractivity contribution in [3.8, 4) is 0 Å². The maximum Gasteiger partial charge on any atom is 0.124 e. The predicted molar refractivity (Wildman–Crippen MR) is 71.2 cm³/mol. The van der Waals surface area contributed by atoms with Crippen LogP contribution in [0.4, 0.5) is 4.39 Å². The second-order valence-electron chi connectivity index (χ2n) is 4.29. The topological polar surface area (TPSA) is 0 Å². The molecule has 2 aromatic carbocycles. The molecule has 0 aromatic heterocycles. The first-order chi connectivity index (χ1) is 8.06. The Kier molecular flexibility index (Phi) is 3.53. The van der Waals surface area contributed by atoms with E-state index in [0.717, 1.165) is 4.90 Å². The molecule has 0 amide bonds. The van der Waals surface area contributed by atoms with Crippen LogP contribution in [0.1, 0.15) is 16.7 Å². The van der Waals surface area contributed by atoms with Gasteiger partial charge in [-0.3, -0.25) is 0 Å². The Morgan fingerprint density at radius 3 is 2.18 bits per heavy atom. The van der Waals surface area contributed by atoms with E-state index in [1.54, 1.807) is 23.9 Å². The van der Waals surface area contributed by atoms with E-state index in [1.165, 1.54) is 27.7 Å². The largest absolute Gasteiger partial charge is 0.207 e. The third-order valence-corrected chi connectivity index (χ3v) is 3.96. The van der Waals surface area contributed by atoms with E-state index in [1.807, 2.05) is 6.07 Å². The van der Waals surface area contributed by atoms with Gasteiger partial charge in [-0.25, -0.2) is 4.39 Å². The molecular formula is C15H15FS. The summed E-state index contributed by atoms with van der Waals surface area (Å²) < 4.78 is 13.1. The minimum atomic E-state index is -0.183. The van der Waals surface area contributed by atoms with Gasteiger partial charge < -0.3 is 0 Å². The van der Waals surface area contributed by atoms with Crippen LogP contribution in [-0.4, -0.2) is 0 Å². The maximum atomic E-state index is 13.1. The third kappa shape index (κ3) is 2.89.